The second-order valence-corrected chi connectivity index (χ2v) is 6.59. The zero-order chi connectivity index (χ0) is 14.9. The number of nitro benzene ring substituents is 1. The van der Waals surface area contributed by atoms with E-state index >= 15 is 0 Å². The summed E-state index contributed by atoms with van der Waals surface area (Å²) in [5.41, 5.74) is 5.41. The highest BCUT2D eigenvalue weighted by atomic mass is 32.2. The van der Waals surface area contributed by atoms with Crippen molar-refractivity contribution in [2.75, 3.05) is 39.0 Å². The number of non-ortho nitro benzene ring substituents is 1. The highest BCUT2D eigenvalue weighted by Crippen LogP contribution is 2.27. The van der Waals surface area contributed by atoms with E-state index in [1.165, 1.54) is 16.4 Å². The molecule has 2 N–H and O–H groups in total. The maximum absolute atomic E-state index is 12.5. The Bertz CT molecular complexity index is 623. The first-order valence-corrected chi connectivity index (χ1v) is 7.49. The van der Waals surface area contributed by atoms with Crippen molar-refractivity contribution in [3.05, 3.63) is 28.3 Å². The molecule has 0 aliphatic carbocycles. The van der Waals surface area contributed by atoms with Crippen molar-refractivity contribution in [3.8, 4) is 0 Å². The Labute approximate surface area is 117 Å². The quantitative estimate of drug-likeness (QED) is 0.482. The summed E-state index contributed by atoms with van der Waals surface area (Å²) < 4.78 is 26.3. The smallest absolute Gasteiger partial charge is 0.270 e. The van der Waals surface area contributed by atoms with Gasteiger partial charge in [-0.2, -0.15) is 4.31 Å². The Hall–Kier alpha value is -1.71. The summed E-state index contributed by atoms with van der Waals surface area (Å²) in [6.45, 7) is 1.93. The van der Waals surface area contributed by atoms with Gasteiger partial charge in [-0.25, -0.2) is 8.42 Å². The first-order valence-electron chi connectivity index (χ1n) is 6.05. The average Bonchev–Trinajstić information content (AvgIpc) is 2.39. The van der Waals surface area contributed by atoms with E-state index in [1.54, 1.807) is 0 Å². The largest absolute Gasteiger partial charge is 0.398 e. The summed E-state index contributed by atoms with van der Waals surface area (Å²) in [6.07, 6.45) is 0. The number of hydrogen-bond donors (Lipinski definition) is 1. The maximum Gasteiger partial charge on any atom is 0.270 e. The van der Waals surface area contributed by atoms with Crippen LogP contribution in [-0.2, 0) is 10.0 Å². The Morgan fingerprint density at radius 3 is 2.40 bits per heavy atom. The van der Waals surface area contributed by atoms with Crippen molar-refractivity contribution in [2.24, 2.45) is 0 Å². The van der Waals surface area contributed by atoms with Crippen LogP contribution in [0.5, 0.6) is 0 Å². The lowest BCUT2D eigenvalue weighted by Gasteiger charge is -2.31. The van der Waals surface area contributed by atoms with Gasteiger partial charge in [-0.15, -0.1) is 0 Å². The van der Waals surface area contributed by atoms with Gasteiger partial charge in [-0.05, 0) is 13.1 Å². The van der Waals surface area contributed by atoms with Gasteiger partial charge in [0, 0.05) is 38.3 Å². The van der Waals surface area contributed by atoms with E-state index < -0.39 is 14.9 Å². The number of piperazine rings is 1. The summed E-state index contributed by atoms with van der Waals surface area (Å²) in [4.78, 5) is 11.9. The molecule has 0 radical (unpaired) electrons. The number of benzene rings is 1. The molecule has 8 nitrogen and oxygen atoms in total. The van der Waals surface area contributed by atoms with Crippen molar-refractivity contribution in [1.82, 2.24) is 9.21 Å². The van der Waals surface area contributed by atoms with E-state index in [2.05, 4.69) is 0 Å². The Balaban J connectivity index is 2.38. The van der Waals surface area contributed by atoms with Gasteiger partial charge in [-0.1, -0.05) is 0 Å². The van der Waals surface area contributed by atoms with Gasteiger partial charge in [0.15, 0.2) is 0 Å². The molecule has 0 atom stereocenters. The second kappa shape index (κ2) is 5.35. The third-order valence-corrected chi connectivity index (χ3v) is 5.24. The minimum absolute atomic E-state index is 0.0227. The monoisotopic (exact) mass is 300 g/mol. The molecule has 9 heteroatoms. The SMILES string of the molecule is CN1CCN(S(=O)(=O)c2cc([N+](=O)[O-])ccc2N)CC1. The molecule has 0 unspecified atom stereocenters. The van der Waals surface area contributed by atoms with Crippen LogP contribution in [0.25, 0.3) is 0 Å². The molecule has 0 spiro atoms. The van der Waals surface area contributed by atoms with Crippen molar-refractivity contribution >= 4 is 21.4 Å². The van der Waals surface area contributed by atoms with Crippen molar-refractivity contribution in [2.45, 2.75) is 4.90 Å². The van der Waals surface area contributed by atoms with E-state index in [0.717, 1.165) is 6.07 Å². The fourth-order valence-electron chi connectivity index (χ4n) is 2.03. The molecule has 0 aromatic heterocycles. The van der Waals surface area contributed by atoms with E-state index in [1.807, 2.05) is 11.9 Å². The Kier molecular flexibility index (Phi) is 3.93. The molecule has 0 amide bonds. The van der Waals surface area contributed by atoms with Crippen LogP contribution >= 0.6 is 0 Å². The summed E-state index contributed by atoms with van der Waals surface area (Å²) in [7, 11) is -1.89. The third kappa shape index (κ3) is 2.74. The lowest BCUT2D eigenvalue weighted by molar-refractivity contribution is -0.385. The lowest BCUT2D eigenvalue weighted by atomic mass is 10.3. The Morgan fingerprint density at radius 1 is 1.25 bits per heavy atom. The molecule has 1 aliphatic rings. The van der Waals surface area contributed by atoms with E-state index in [0.29, 0.717) is 26.2 Å². The fourth-order valence-corrected chi connectivity index (χ4v) is 3.59. The topological polar surface area (TPSA) is 110 Å². The maximum atomic E-state index is 12.5. The molecule has 0 bridgehead atoms. The average molecular weight is 300 g/mol. The van der Waals surface area contributed by atoms with E-state index in [-0.39, 0.29) is 16.3 Å². The highest BCUT2D eigenvalue weighted by molar-refractivity contribution is 7.89. The van der Waals surface area contributed by atoms with Gasteiger partial charge < -0.3 is 10.6 Å². The minimum Gasteiger partial charge on any atom is -0.398 e. The highest BCUT2D eigenvalue weighted by Gasteiger charge is 2.30. The number of anilines is 1. The van der Waals surface area contributed by atoms with Crippen LogP contribution in [0, 0.1) is 10.1 Å². The second-order valence-electron chi connectivity index (χ2n) is 4.69. The molecule has 1 aliphatic heterocycles. The van der Waals surface area contributed by atoms with Gasteiger partial charge in [0.25, 0.3) is 5.69 Å². The molecule has 1 fully saturated rings. The number of nitrogens with two attached hydrogens (primary N) is 1. The van der Waals surface area contributed by atoms with Crippen molar-refractivity contribution in [1.29, 1.82) is 0 Å². The van der Waals surface area contributed by atoms with Crippen molar-refractivity contribution in [3.63, 3.8) is 0 Å². The zero-order valence-electron chi connectivity index (χ0n) is 11.0. The first-order chi connectivity index (χ1) is 9.32. The zero-order valence-corrected chi connectivity index (χ0v) is 11.8. The van der Waals surface area contributed by atoms with Gasteiger partial charge in [0.1, 0.15) is 4.90 Å². The third-order valence-electron chi connectivity index (χ3n) is 3.29. The molecule has 1 heterocycles. The summed E-state index contributed by atoms with van der Waals surface area (Å²) in [5, 5.41) is 10.8. The van der Waals surface area contributed by atoms with Crippen LogP contribution in [0.3, 0.4) is 0 Å². The number of sulfonamides is 1. The lowest BCUT2D eigenvalue weighted by Crippen LogP contribution is -2.47. The molecule has 1 aromatic carbocycles. The van der Waals surface area contributed by atoms with Crippen LogP contribution in [0.4, 0.5) is 11.4 Å². The van der Waals surface area contributed by atoms with Gasteiger partial charge >= 0.3 is 0 Å². The number of rotatable bonds is 3. The van der Waals surface area contributed by atoms with Gasteiger partial charge in [-0.3, -0.25) is 10.1 Å². The molecule has 1 aromatic rings. The standard InChI is InChI=1S/C11H16N4O4S/c1-13-4-6-14(7-5-13)20(18,19)11-8-9(15(16)17)2-3-10(11)12/h2-3,8H,4-7,12H2,1H3. The molecular weight excluding hydrogens is 284 g/mol. The van der Waals surface area contributed by atoms with Crippen LogP contribution in [-0.4, -0.2) is 55.8 Å². The molecule has 0 saturated carbocycles. The number of nitro groups is 1. The predicted octanol–water partition coefficient (Wildman–Crippen LogP) is 0.113. The molecule has 2 rings (SSSR count). The molecule has 110 valence electrons. The van der Waals surface area contributed by atoms with Crippen LogP contribution in [0.2, 0.25) is 0 Å². The predicted molar refractivity (Wildman–Crippen MR) is 73.8 cm³/mol. The number of hydrogen-bond acceptors (Lipinski definition) is 6. The fraction of sp³-hybridized carbons (Fsp3) is 0.455. The van der Waals surface area contributed by atoms with Crippen LogP contribution in [0.1, 0.15) is 0 Å². The number of nitrogen functional groups attached to an aromatic ring is 1. The van der Waals surface area contributed by atoms with Crippen molar-refractivity contribution < 1.29 is 13.3 Å². The first kappa shape index (κ1) is 14.7. The molecule has 20 heavy (non-hydrogen) atoms. The number of likely N-dealkylation sites (N-methyl/N-ethyl adjacent to an activating group) is 1. The minimum atomic E-state index is -3.79. The molecular formula is C11H16N4O4S. The van der Waals surface area contributed by atoms with Crippen LogP contribution < -0.4 is 5.73 Å². The summed E-state index contributed by atoms with van der Waals surface area (Å²) in [5.74, 6) is 0. The number of nitrogens with zero attached hydrogens (tertiary/aromatic N) is 3. The van der Waals surface area contributed by atoms with E-state index in [9.17, 15) is 18.5 Å². The normalized spacial score (nSPS) is 18.1. The summed E-state index contributed by atoms with van der Waals surface area (Å²) in [6, 6.07) is 3.46. The van der Waals surface area contributed by atoms with Crippen LogP contribution in [0.15, 0.2) is 23.1 Å². The van der Waals surface area contributed by atoms with Gasteiger partial charge in [0.05, 0.1) is 10.6 Å². The summed E-state index contributed by atoms with van der Waals surface area (Å²) >= 11 is 0. The van der Waals surface area contributed by atoms with E-state index in [4.69, 9.17) is 5.73 Å². The van der Waals surface area contributed by atoms with Gasteiger partial charge in [0.2, 0.25) is 10.0 Å². The molecule has 1 saturated heterocycles. The Morgan fingerprint density at radius 2 is 1.85 bits per heavy atom.